The Morgan fingerprint density at radius 1 is 1.38 bits per heavy atom. The third-order valence-corrected chi connectivity index (χ3v) is 4.75. The topological polar surface area (TPSA) is 54.4 Å². The first-order valence-corrected chi connectivity index (χ1v) is 8.15. The minimum Gasteiger partial charge on any atom is -0.300 e. The predicted octanol–water partition coefficient (Wildman–Crippen LogP) is 4.00. The lowest BCUT2D eigenvalue weighted by atomic mass is 10.2. The van der Waals surface area contributed by atoms with Crippen molar-refractivity contribution < 1.29 is 4.79 Å². The van der Waals surface area contributed by atoms with E-state index < -0.39 is 0 Å². The number of thiazole rings is 1. The van der Waals surface area contributed by atoms with Crippen LogP contribution in [-0.2, 0) is 4.79 Å². The normalized spacial score (nSPS) is 18.5. The minimum atomic E-state index is -0.174. The van der Waals surface area contributed by atoms with E-state index >= 15 is 0 Å². The first-order chi connectivity index (χ1) is 10.1. The van der Waals surface area contributed by atoms with Crippen LogP contribution in [0.3, 0.4) is 0 Å². The molecule has 0 radical (unpaired) electrons. The molecule has 0 saturated carbocycles. The van der Waals surface area contributed by atoms with Crippen LogP contribution in [0, 0.1) is 6.92 Å². The van der Waals surface area contributed by atoms with Crippen LogP contribution in [0.25, 0.3) is 6.08 Å². The fourth-order valence-corrected chi connectivity index (χ4v) is 3.42. The second kappa shape index (κ2) is 6.01. The number of aliphatic imine (C=N–C) groups is 1. The highest BCUT2D eigenvalue weighted by molar-refractivity contribution is 8.18. The molecule has 4 nitrogen and oxygen atoms in total. The molecule has 0 spiro atoms. The van der Waals surface area contributed by atoms with Crippen LogP contribution in [0.1, 0.15) is 11.3 Å². The summed E-state index contributed by atoms with van der Waals surface area (Å²) in [5.74, 6) is -0.174. The van der Waals surface area contributed by atoms with Crippen LogP contribution >= 0.6 is 34.7 Å². The van der Waals surface area contributed by atoms with Gasteiger partial charge in [0.25, 0.3) is 5.91 Å². The van der Waals surface area contributed by atoms with Gasteiger partial charge in [0.1, 0.15) is 0 Å². The number of nitrogens with one attached hydrogen (secondary N) is 1. The number of hydrogen-bond acceptors (Lipinski definition) is 5. The van der Waals surface area contributed by atoms with Gasteiger partial charge in [0.2, 0.25) is 5.13 Å². The quantitative estimate of drug-likeness (QED) is 0.844. The minimum absolute atomic E-state index is 0.174. The summed E-state index contributed by atoms with van der Waals surface area (Å²) in [4.78, 5) is 21.1. The van der Waals surface area contributed by atoms with Gasteiger partial charge in [-0.3, -0.25) is 4.79 Å². The summed E-state index contributed by atoms with van der Waals surface area (Å²) >= 11 is 8.82. The number of carbonyl (C=O) groups is 1. The van der Waals surface area contributed by atoms with E-state index in [1.807, 2.05) is 30.5 Å². The zero-order chi connectivity index (χ0) is 14.8. The molecule has 1 aliphatic rings. The molecule has 0 atom stereocenters. The fourth-order valence-electron chi connectivity index (χ4n) is 1.69. The number of rotatable bonds is 2. The van der Waals surface area contributed by atoms with Crippen molar-refractivity contribution in [2.45, 2.75) is 6.92 Å². The summed E-state index contributed by atoms with van der Waals surface area (Å²) in [7, 11) is 0. The van der Waals surface area contributed by atoms with Crippen molar-refractivity contribution in [2.24, 2.45) is 4.99 Å². The van der Waals surface area contributed by atoms with E-state index in [0.29, 0.717) is 20.2 Å². The van der Waals surface area contributed by atoms with Gasteiger partial charge in [-0.1, -0.05) is 29.8 Å². The largest absolute Gasteiger partial charge is 0.300 e. The number of amidine groups is 1. The standard InChI is InChI=1S/C14H10ClN3OS2/c1-8-7-20-13(16-8)18-14-17-12(19)11(21-14)6-9-4-2-3-5-10(9)15/h2-7H,1H3,(H,16,17,18,19)/b11-6-. The van der Waals surface area contributed by atoms with Crippen LogP contribution in [0.4, 0.5) is 5.13 Å². The van der Waals surface area contributed by atoms with Crippen molar-refractivity contribution in [3.05, 3.63) is 50.8 Å². The Bertz CT molecular complexity index is 767. The van der Waals surface area contributed by atoms with Crippen molar-refractivity contribution in [1.29, 1.82) is 0 Å². The van der Waals surface area contributed by atoms with Crippen LogP contribution in [-0.4, -0.2) is 16.1 Å². The SMILES string of the molecule is Cc1csc(N=C2NC(=O)/C(=C/c3ccccc3Cl)S2)n1. The lowest BCUT2D eigenvalue weighted by Crippen LogP contribution is -2.19. The Labute approximate surface area is 135 Å². The number of nitrogens with zero attached hydrogens (tertiary/aromatic N) is 2. The maximum atomic E-state index is 12.0. The van der Waals surface area contributed by atoms with Crippen LogP contribution in [0.5, 0.6) is 0 Å². The number of hydrogen-bond donors (Lipinski definition) is 1. The van der Waals surface area contributed by atoms with Crippen molar-refractivity contribution in [3.63, 3.8) is 0 Å². The molecule has 3 rings (SSSR count). The number of halogens is 1. The maximum Gasteiger partial charge on any atom is 0.264 e. The average molecular weight is 336 g/mol. The molecular formula is C14H10ClN3OS2. The number of carbonyl (C=O) groups excluding carboxylic acids is 1. The molecule has 7 heteroatoms. The van der Waals surface area contributed by atoms with Gasteiger partial charge in [0.05, 0.1) is 10.6 Å². The smallest absolute Gasteiger partial charge is 0.264 e. The molecule has 21 heavy (non-hydrogen) atoms. The van der Waals surface area contributed by atoms with E-state index in [2.05, 4.69) is 15.3 Å². The van der Waals surface area contributed by atoms with Gasteiger partial charge in [-0.2, -0.15) is 4.99 Å². The summed E-state index contributed by atoms with van der Waals surface area (Å²) in [5.41, 5.74) is 1.73. The highest BCUT2D eigenvalue weighted by Gasteiger charge is 2.24. The number of benzene rings is 1. The second-order valence-electron chi connectivity index (χ2n) is 4.27. The first kappa shape index (κ1) is 14.3. The third-order valence-electron chi connectivity index (χ3n) is 2.65. The lowest BCUT2D eigenvalue weighted by molar-refractivity contribution is -0.115. The molecule has 0 unspecified atom stereocenters. The third kappa shape index (κ3) is 3.34. The van der Waals surface area contributed by atoms with Crippen molar-refractivity contribution in [2.75, 3.05) is 0 Å². The number of aryl methyl sites for hydroxylation is 1. The maximum absolute atomic E-state index is 12.0. The molecule has 1 aromatic carbocycles. The molecule has 1 aliphatic heterocycles. The van der Waals surface area contributed by atoms with E-state index in [1.165, 1.54) is 23.1 Å². The van der Waals surface area contributed by atoms with Gasteiger partial charge in [-0.15, -0.1) is 11.3 Å². The predicted molar refractivity (Wildman–Crippen MR) is 89.1 cm³/mol. The van der Waals surface area contributed by atoms with Crippen LogP contribution in [0.2, 0.25) is 5.02 Å². The summed E-state index contributed by atoms with van der Waals surface area (Å²) in [6.07, 6.45) is 1.76. The summed E-state index contributed by atoms with van der Waals surface area (Å²) < 4.78 is 0. The lowest BCUT2D eigenvalue weighted by Gasteiger charge is -1.97. The van der Waals surface area contributed by atoms with Crippen molar-refractivity contribution >= 4 is 57.0 Å². The second-order valence-corrected chi connectivity index (χ2v) is 6.55. The summed E-state index contributed by atoms with van der Waals surface area (Å²) in [5, 5.41) is 6.43. The number of amides is 1. The highest BCUT2D eigenvalue weighted by Crippen LogP contribution is 2.30. The molecule has 106 valence electrons. The van der Waals surface area contributed by atoms with Gasteiger partial charge in [-0.25, -0.2) is 4.98 Å². The van der Waals surface area contributed by atoms with Crippen molar-refractivity contribution in [3.8, 4) is 0 Å². The van der Waals surface area contributed by atoms with E-state index in [1.54, 1.807) is 12.1 Å². The van der Waals surface area contributed by atoms with E-state index in [0.717, 1.165) is 11.3 Å². The number of thioether (sulfide) groups is 1. The van der Waals surface area contributed by atoms with Crippen LogP contribution < -0.4 is 5.32 Å². The van der Waals surface area contributed by atoms with Crippen molar-refractivity contribution in [1.82, 2.24) is 10.3 Å². The highest BCUT2D eigenvalue weighted by atomic mass is 35.5. The Balaban J connectivity index is 1.85. The van der Waals surface area contributed by atoms with Gasteiger partial charge in [-0.05, 0) is 36.4 Å². The molecule has 2 aromatic rings. The van der Waals surface area contributed by atoms with Crippen LogP contribution in [0.15, 0.2) is 39.5 Å². The zero-order valence-electron chi connectivity index (χ0n) is 11.0. The van der Waals surface area contributed by atoms with Gasteiger partial charge < -0.3 is 5.32 Å². The van der Waals surface area contributed by atoms with Gasteiger partial charge in [0, 0.05) is 10.4 Å². The Morgan fingerprint density at radius 3 is 2.90 bits per heavy atom. The molecule has 1 aromatic heterocycles. The van der Waals surface area contributed by atoms with Gasteiger partial charge >= 0.3 is 0 Å². The molecule has 1 N–H and O–H groups in total. The summed E-state index contributed by atoms with van der Waals surface area (Å²) in [6.45, 7) is 1.91. The molecule has 2 heterocycles. The monoisotopic (exact) mass is 335 g/mol. The fraction of sp³-hybridized carbons (Fsp3) is 0.0714. The Hall–Kier alpha value is -1.63. The summed E-state index contributed by atoms with van der Waals surface area (Å²) in [6, 6.07) is 7.38. The molecule has 1 saturated heterocycles. The average Bonchev–Trinajstić information content (AvgIpc) is 2.99. The van der Waals surface area contributed by atoms with E-state index in [9.17, 15) is 4.79 Å². The zero-order valence-corrected chi connectivity index (χ0v) is 13.4. The van der Waals surface area contributed by atoms with Gasteiger partial charge in [0.15, 0.2) is 5.17 Å². The Kier molecular flexibility index (Phi) is 4.10. The molecule has 1 amide bonds. The molecule has 0 aliphatic carbocycles. The van der Waals surface area contributed by atoms with E-state index in [-0.39, 0.29) is 5.91 Å². The number of aromatic nitrogens is 1. The molecular weight excluding hydrogens is 326 g/mol. The van der Waals surface area contributed by atoms with E-state index in [4.69, 9.17) is 11.6 Å². The molecule has 0 bridgehead atoms. The Morgan fingerprint density at radius 2 is 2.19 bits per heavy atom. The molecule has 1 fully saturated rings. The first-order valence-electron chi connectivity index (χ1n) is 6.08.